The minimum absolute atomic E-state index is 0.201. The number of nitrogens with one attached hydrogen (secondary N) is 1. The zero-order chi connectivity index (χ0) is 14.8. The summed E-state index contributed by atoms with van der Waals surface area (Å²) in [4.78, 5) is 0. The third-order valence-corrected chi connectivity index (χ3v) is 4.74. The van der Waals surface area contributed by atoms with Crippen LogP contribution in [0.15, 0.2) is 29.6 Å². The maximum absolute atomic E-state index is 3.63. The van der Waals surface area contributed by atoms with Gasteiger partial charge in [0.25, 0.3) is 0 Å². The quantitative estimate of drug-likeness (QED) is 0.793. The van der Waals surface area contributed by atoms with E-state index in [1.807, 2.05) is 11.3 Å². The lowest BCUT2D eigenvalue weighted by Crippen LogP contribution is -2.42. The van der Waals surface area contributed by atoms with E-state index in [2.05, 4.69) is 69.6 Å². The minimum atomic E-state index is 0.201. The average Bonchev–Trinajstić information content (AvgIpc) is 2.77. The lowest BCUT2D eigenvalue weighted by Gasteiger charge is -2.30. The van der Waals surface area contributed by atoms with Crippen molar-refractivity contribution in [3.63, 3.8) is 0 Å². The molecule has 110 valence electrons. The van der Waals surface area contributed by atoms with E-state index >= 15 is 0 Å². The zero-order valence-electron chi connectivity index (χ0n) is 13.4. The van der Waals surface area contributed by atoms with Crippen molar-refractivity contribution in [2.24, 2.45) is 5.41 Å². The highest BCUT2D eigenvalue weighted by Crippen LogP contribution is 2.30. The van der Waals surface area contributed by atoms with Crippen LogP contribution >= 0.6 is 11.3 Å². The van der Waals surface area contributed by atoms with Crippen molar-refractivity contribution in [1.82, 2.24) is 5.32 Å². The van der Waals surface area contributed by atoms with Gasteiger partial charge >= 0.3 is 0 Å². The molecule has 0 amide bonds. The molecule has 0 bridgehead atoms. The maximum Gasteiger partial charge on any atom is 0.0345 e. The van der Waals surface area contributed by atoms with Gasteiger partial charge in [-0.1, -0.05) is 32.0 Å². The molecule has 0 saturated carbocycles. The van der Waals surface area contributed by atoms with Gasteiger partial charge in [-0.3, -0.25) is 0 Å². The first kappa shape index (κ1) is 15.5. The Morgan fingerprint density at radius 3 is 2.45 bits per heavy atom. The minimum Gasteiger partial charge on any atom is -0.312 e. The topological polar surface area (TPSA) is 12.0 Å². The van der Waals surface area contributed by atoms with Gasteiger partial charge in [-0.05, 0) is 61.4 Å². The second-order valence-corrected chi connectivity index (χ2v) is 8.44. The van der Waals surface area contributed by atoms with E-state index in [4.69, 9.17) is 0 Å². The molecule has 1 N–H and O–H groups in total. The zero-order valence-corrected chi connectivity index (χ0v) is 14.2. The highest BCUT2D eigenvalue weighted by Gasteiger charge is 2.21. The molecule has 0 radical (unpaired) electrons. The third-order valence-electron chi connectivity index (χ3n) is 3.73. The van der Waals surface area contributed by atoms with Crippen molar-refractivity contribution in [1.29, 1.82) is 0 Å². The molecule has 20 heavy (non-hydrogen) atoms. The highest BCUT2D eigenvalue weighted by molar-refractivity contribution is 7.17. The van der Waals surface area contributed by atoms with Crippen molar-refractivity contribution in [3.8, 4) is 0 Å². The van der Waals surface area contributed by atoms with Gasteiger partial charge in [0.1, 0.15) is 0 Å². The van der Waals surface area contributed by atoms with Crippen LogP contribution in [0.4, 0.5) is 0 Å². The van der Waals surface area contributed by atoms with E-state index in [1.54, 1.807) is 0 Å². The molecular weight excluding hydrogens is 262 g/mol. The van der Waals surface area contributed by atoms with Crippen LogP contribution in [-0.4, -0.2) is 12.1 Å². The second kappa shape index (κ2) is 5.87. The van der Waals surface area contributed by atoms with E-state index < -0.39 is 0 Å². The molecule has 1 aromatic heterocycles. The van der Waals surface area contributed by atoms with Crippen LogP contribution in [0.2, 0.25) is 0 Å². The summed E-state index contributed by atoms with van der Waals surface area (Å²) in [6.07, 6.45) is 2.39. The van der Waals surface area contributed by atoms with Gasteiger partial charge < -0.3 is 5.32 Å². The molecule has 0 atom stereocenters. The van der Waals surface area contributed by atoms with Crippen molar-refractivity contribution in [3.05, 3.63) is 35.2 Å². The van der Waals surface area contributed by atoms with Gasteiger partial charge in [0, 0.05) is 16.8 Å². The molecule has 0 aliphatic carbocycles. The number of fused-ring (bicyclic) bond motifs is 1. The van der Waals surface area contributed by atoms with Gasteiger partial charge in [0.2, 0.25) is 0 Å². The molecular formula is C18H27NS. The second-order valence-electron chi connectivity index (χ2n) is 7.52. The lowest BCUT2D eigenvalue weighted by molar-refractivity contribution is 0.273. The maximum atomic E-state index is 3.63. The van der Waals surface area contributed by atoms with Crippen LogP contribution in [0.3, 0.4) is 0 Å². The Kier molecular flexibility index (Phi) is 4.55. The van der Waals surface area contributed by atoms with Crippen LogP contribution in [0.1, 0.15) is 46.6 Å². The van der Waals surface area contributed by atoms with E-state index in [1.165, 1.54) is 28.5 Å². The SMILES string of the molecule is CC(C)(CCc1csc2ccccc12)CNC(C)(C)C. The Labute approximate surface area is 127 Å². The smallest absolute Gasteiger partial charge is 0.0345 e. The number of hydrogen-bond donors (Lipinski definition) is 1. The fourth-order valence-corrected chi connectivity index (χ4v) is 3.29. The van der Waals surface area contributed by atoms with Crippen LogP contribution in [0, 0.1) is 5.41 Å². The number of rotatable bonds is 5. The van der Waals surface area contributed by atoms with Gasteiger partial charge in [0.05, 0.1) is 0 Å². The van der Waals surface area contributed by atoms with E-state index in [9.17, 15) is 0 Å². The van der Waals surface area contributed by atoms with Crippen LogP contribution in [0.5, 0.6) is 0 Å². The molecule has 0 unspecified atom stereocenters. The standard InChI is InChI=1S/C18H27NS/c1-17(2,3)19-13-18(4,5)11-10-14-12-20-16-9-7-6-8-15(14)16/h6-9,12,19H,10-11,13H2,1-5H3. The van der Waals surface area contributed by atoms with Gasteiger partial charge in [0.15, 0.2) is 0 Å². The van der Waals surface area contributed by atoms with E-state index in [-0.39, 0.29) is 5.54 Å². The Balaban J connectivity index is 1.97. The molecule has 0 saturated heterocycles. The summed E-state index contributed by atoms with van der Waals surface area (Å²) in [6.45, 7) is 12.5. The highest BCUT2D eigenvalue weighted by atomic mass is 32.1. The predicted molar refractivity (Wildman–Crippen MR) is 91.7 cm³/mol. The summed E-state index contributed by atoms with van der Waals surface area (Å²) in [6, 6.07) is 8.74. The molecule has 2 rings (SSSR count). The summed E-state index contributed by atoms with van der Waals surface area (Å²) < 4.78 is 1.41. The number of aryl methyl sites for hydroxylation is 1. The van der Waals surface area contributed by atoms with Crippen molar-refractivity contribution >= 4 is 21.4 Å². The summed E-state index contributed by atoms with van der Waals surface area (Å²) in [5.41, 5.74) is 2.04. The number of hydrogen-bond acceptors (Lipinski definition) is 2. The van der Waals surface area contributed by atoms with Gasteiger partial charge in [-0.2, -0.15) is 0 Å². The Hall–Kier alpha value is -0.860. The molecule has 0 fully saturated rings. The molecule has 1 heterocycles. The predicted octanol–water partition coefficient (Wildman–Crippen LogP) is 5.25. The number of thiophene rings is 1. The van der Waals surface area contributed by atoms with E-state index in [0.717, 1.165) is 6.54 Å². The average molecular weight is 289 g/mol. The van der Waals surface area contributed by atoms with Gasteiger partial charge in [-0.25, -0.2) is 0 Å². The fraction of sp³-hybridized carbons (Fsp3) is 0.556. The first-order valence-corrected chi connectivity index (χ1v) is 8.35. The molecule has 1 nitrogen and oxygen atoms in total. The van der Waals surface area contributed by atoms with Crippen LogP contribution in [0.25, 0.3) is 10.1 Å². The lowest BCUT2D eigenvalue weighted by atomic mass is 9.85. The molecule has 1 aromatic carbocycles. The van der Waals surface area contributed by atoms with Crippen LogP contribution < -0.4 is 5.32 Å². The normalized spacial score (nSPS) is 13.1. The Morgan fingerprint density at radius 1 is 1.05 bits per heavy atom. The largest absolute Gasteiger partial charge is 0.312 e. The van der Waals surface area contributed by atoms with E-state index in [0.29, 0.717) is 5.41 Å². The van der Waals surface area contributed by atoms with Crippen molar-refractivity contribution < 1.29 is 0 Å². The van der Waals surface area contributed by atoms with Gasteiger partial charge in [-0.15, -0.1) is 11.3 Å². The molecule has 0 aliphatic rings. The first-order valence-electron chi connectivity index (χ1n) is 7.47. The summed E-state index contributed by atoms with van der Waals surface area (Å²) in [7, 11) is 0. The summed E-state index contributed by atoms with van der Waals surface area (Å²) in [5, 5.41) is 7.41. The molecule has 2 heteroatoms. The third kappa shape index (κ3) is 4.32. The molecule has 0 aliphatic heterocycles. The fourth-order valence-electron chi connectivity index (χ4n) is 2.29. The number of benzene rings is 1. The van der Waals surface area contributed by atoms with Crippen LogP contribution in [-0.2, 0) is 6.42 Å². The van der Waals surface area contributed by atoms with Crippen molar-refractivity contribution in [2.75, 3.05) is 6.54 Å². The molecule has 2 aromatic rings. The Bertz CT molecular complexity index is 560. The molecule has 0 spiro atoms. The van der Waals surface area contributed by atoms with Crippen molar-refractivity contribution in [2.45, 2.75) is 53.0 Å². The Morgan fingerprint density at radius 2 is 1.75 bits per heavy atom. The summed E-state index contributed by atoms with van der Waals surface area (Å²) >= 11 is 1.87. The monoisotopic (exact) mass is 289 g/mol. The summed E-state index contributed by atoms with van der Waals surface area (Å²) in [5.74, 6) is 0. The first-order chi connectivity index (χ1) is 9.27.